The van der Waals surface area contributed by atoms with Gasteiger partial charge in [0.1, 0.15) is 5.75 Å². The first-order valence-electron chi connectivity index (χ1n) is 9.07. The summed E-state index contributed by atoms with van der Waals surface area (Å²) in [6.45, 7) is 4.16. The summed E-state index contributed by atoms with van der Waals surface area (Å²) < 4.78 is 6.96. The number of carbonyl (C=O) groups excluding carboxylic acids is 1. The monoisotopic (exact) mass is 377 g/mol. The maximum Gasteiger partial charge on any atom is 0.275 e. The fourth-order valence-electron chi connectivity index (χ4n) is 3.03. The summed E-state index contributed by atoms with van der Waals surface area (Å²) in [4.78, 5) is 24.8. The predicted octanol–water partition coefficient (Wildman–Crippen LogP) is 2.83. The van der Waals surface area contributed by atoms with Gasteiger partial charge < -0.3 is 10.1 Å². The topological polar surface area (TPSA) is 73.2 Å². The van der Waals surface area contributed by atoms with E-state index in [4.69, 9.17) is 4.74 Å². The normalized spacial score (nSPS) is 10.5. The lowest BCUT2D eigenvalue weighted by molar-refractivity contribution is 0.0946. The highest BCUT2D eigenvalue weighted by molar-refractivity contribution is 5.92. The molecule has 3 aromatic rings. The number of aryl methyl sites for hydroxylation is 2. The van der Waals surface area contributed by atoms with E-state index < -0.39 is 11.3 Å². The molecule has 28 heavy (non-hydrogen) atoms. The van der Waals surface area contributed by atoms with Gasteiger partial charge in [-0.3, -0.25) is 9.59 Å². The molecule has 1 amide bonds. The van der Waals surface area contributed by atoms with Crippen LogP contribution < -0.4 is 15.5 Å². The van der Waals surface area contributed by atoms with Gasteiger partial charge in [-0.1, -0.05) is 35.9 Å². The maximum atomic E-state index is 12.6. The van der Waals surface area contributed by atoms with Crippen molar-refractivity contribution >= 4 is 5.91 Å². The molecule has 0 aliphatic carbocycles. The van der Waals surface area contributed by atoms with Crippen LogP contribution in [0, 0.1) is 13.8 Å². The molecule has 0 atom stereocenters. The zero-order valence-electron chi connectivity index (χ0n) is 16.2. The molecular weight excluding hydrogens is 354 g/mol. The van der Waals surface area contributed by atoms with E-state index in [2.05, 4.69) is 10.4 Å². The van der Waals surface area contributed by atoms with Crippen LogP contribution in [0.25, 0.3) is 5.69 Å². The Kier molecular flexibility index (Phi) is 5.89. The minimum Gasteiger partial charge on any atom is -0.496 e. The summed E-state index contributed by atoms with van der Waals surface area (Å²) in [5.74, 6) is 0.293. The highest BCUT2D eigenvalue weighted by Gasteiger charge is 2.15. The van der Waals surface area contributed by atoms with Crippen LogP contribution in [0.15, 0.2) is 59.4 Å². The summed E-state index contributed by atoms with van der Waals surface area (Å²) in [6.07, 6.45) is 0.593. The molecular formula is C22H23N3O3. The molecule has 0 unspecified atom stereocenters. The number of benzene rings is 2. The summed E-state index contributed by atoms with van der Waals surface area (Å²) in [7, 11) is 1.62. The summed E-state index contributed by atoms with van der Waals surface area (Å²) in [6, 6.07) is 16.7. The van der Waals surface area contributed by atoms with Crippen LogP contribution in [-0.4, -0.2) is 29.3 Å². The van der Waals surface area contributed by atoms with Gasteiger partial charge in [-0.2, -0.15) is 5.10 Å². The molecule has 0 spiro atoms. The van der Waals surface area contributed by atoms with Crippen LogP contribution in [0.3, 0.4) is 0 Å². The fraction of sp³-hybridized carbons (Fsp3) is 0.227. The summed E-state index contributed by atoms with van der Waals surface area (Å²) >= 11 is 0. The number of amides is 1. The third-order valence-corrected chi connectivity index (χ3v) is 4.44. The van der Waals surface area contributed by atoms with E-state index in [1.807, 2.05) is 55.5 Å². The fourth-order valence-corrected chi connectivity index (χ4v) is 3.03. The van der Waals surface area contributed by atoms with E-state index in [1.165, 1.54) is 6.07 Å². The number of rotatable bonds is 6. The number of para-hydroxylation sites is 1. The zero-order valence-corrected chi connectivity index (χ0v) is 16.2. The van der Waals surface area contributed by atoms with E-state index >= 15 is 0 Å². The third-order valence-electron chi connectivity index (χ3n) is 4.44. The number of methoxy groups -OCH3 is 1. The van der Waals surface area contributed by atoms with Gasteiger partial charge in [0, 0.05) is 18.3 Å². The predicted molar refractivity (Wildman–Crippen MR) is 108 cm³/mol. The van der Waals surface area contributed by atoms with Gasteiger partial charge in [0.2, 0.25) is 5.43 Å². The second-order valence-corrected chi connectivity index (χ2v) is 6.57. The standard InChI is InChI=1S/C22H23N3O3/c1-15-9-10-20(28-3)17(13-15)11-12-23-22(27)21-19(26)14-16(2)25(24-21)18-7-5-4-6-8-18/h4-10,13-14H,11-12H2,1-3H3,(H,23,27). The average molecular weight is 377 g/mol. The number of carbonyl (C=O) groups is 1. The van der Waals surface area contributed by atoms with Crippen molar-refractivity contribution in [1.29, 1.82) is 0 Å². The Bertz CT molecular complexity index is 1040. The summed E-state index contributed by atoms with van der Waals surface area (Å²) in [5, 5.41) is 7.07. The lowest BCUT2D eigenvalue weighted by Crippen LogP contribution is -2.33. The van der Waals surface area contributed by atoms with Crippen molar-refractivity contribution in [2.75, 3.05) is 13.7 Å². The maximum absolute atomic E-state index is 12.6. The molecule has 0 radical (unpaired) electrons. The molecule has 0 aliphatic rings. The van der Waals surface area contributed by atoms with Gasteiger partial charge in [-0.25, -0.2) is 4.68 Å². The molecule has 0 fully saturated rings. The molecule has 2 aromatic carbocycles. The van der Waals surface area contributed by atoms with Gasteiger partial charge >= 0.3 is 0 Å². The smallest absolute Gasteiger partial charge is 0.275 e. The molecule has 1 N–H and O–H groups in total. The van der Waals surface area contributed by atoms with E-state index in [1.54, 1.807) is 18.7 Å². The Hall–Kier alpha value is -3.41. The van der Waals surface area contributed by atoms with Crippen molar-refractivity contribution < 1.29 is 9.53 Å². The Morgan fingerprint density at radius 3 is 2.57 bits per heavy atom. The van der Waals surface area contributed by atoms with Gasteiger partial charge in [-0.05, 0) is 44.0 Å². The van der Waals surface area contributed by atoms with Crippen LogP contribution in [0.1, 0.15) is 27.3 Å². The zero-order chi connectivity index (χ0) is 20.1. The highest BCUT2D eigenvalue weighted by atomic mass is 16.5. The number of aromatic nitrogens is 2. The molecule has 144 valence electrons. The number of hydrogen-bond acceptors (Lipinski definition) is 4. The van der Waals surface area contributed by atoms with E-state index in [0.29, 0.717) is 18.7 Å². The van der Waals surface area contributed by atoms with Crippen LogP contribution in [0.2, 0.25) is 0 Å². The molecule has 6 nitrogen and oxygen atoms in total. The van der Waals surface area contributed by atoms with Gasteiger partial charge in [-0.15, -0.1) is 0 Å². The lowest BCUT2D eigenvalue weighted by atomic mass is 10.1. The average Bonchev–Trinajstić information content (AvgIpc) is 2.69. The minimum absolute atomic E-state index is 0.120. The number of nitrogens with one attached hydrogen (secondary N) is 1. The van der Waals surface area contributed by atoms with E-state index in [9.17, 15) is 9.59 Å². The molecule has 0 aliphatic heterocycles. The van der Waals surface area contributed by atoms with E-state index in [0.717, 1.165) is 22.6 Å². The van der Waals surface area contributed by atoms with E-state index in [-0.39, 0.29) is 5.69 Å². The number of hydrogen-bond donors (Lipinski definition) is 1. The van der Waals surface area contributed by atoms with Crippen molar-refractivity contribution in [2.24, 2.45) is 0 Å². The first kappa shape index (κ1) is 19.4. The number of ether oxygens (including phenoxy) is 1. The summed E-state index contributed by atoms with van der Waals surface area (Å²) in [5.41, 5.74) is 3.06. The molecule has 6 heteroatoms. The van der Waals surface area contributed by atoms with Crippen LogP contribution in [0.4, 0.5) is 0 Å². The Labute approximate surface area is 163 Å². The highest BCUT2D eigenvalue weighted by Crippen LogP contribution is 2.19. The van der Waals surface area contributed by atoms with Crippen LogP contribution in [-0.2, 0) is 6.42 Å². The molecule has 3 rings (SSSR count). The van der Waals surface area contributed by atoms with Crippen molar-refractivity contribution in [3.8, 4) is 11.4 Å². The molecule has 1 heterocycles. The molecule has 0 bridgehead atoms. The SMILES string of the molecule is COc1ccc(C)cc1CCNC(=O)c1nn(-c2ccccc2)c(C)cc1=O. The molecule has 1 aromatic heterocycles. The Morgan fingerprint density at radius 1 is 1.11 bits per heavy atom. The van der Waals surface area contributed by atoms with Gasteiger partial charge in [0.25, 0.3) is 5.91 Å². The molecule has 0 saturated heterocycles. The van der Waals surface area contributed by atoms with Crippen molar-refractivity contribution in [3.63, 3.8) is 0 Å². The van der Waals surface area contributed by atoms with Crippen molar-refractivity contribution in [3.05, 3.63) is 87.3 Å². The van der Waals surface area contributed by atoms with Gasteiger partial charge in [0.05, 0.1) is 12.8 Å². The van der Waals surface area contributed by atoms with Crippen LogP contribution in [0.5, 0.6) is 5.75 Å². The second-order valence-electron chi connectivity index (χ2n) is 6.57. The second kappa shape index (κ2) is 8.52. The van der Waals surface area contributed by atoms with Gasteiger partial charge in [0.15, 0.2) is 5.69 Å². The lowest BCUT2D eigenvalue weighted by Gasteiger charge is -2.12. The first-order valence-corrected chi connectivity index (χ1v) is 9.07. The van der Waals surface area contributed by atoms with Crippen molar-refractivity contribution in [1.82, 2.24) is 15.1 Å². The van der Waals surface area contributed by atoms with Crippen molar-refractivity contribution in [2.45, 2.75) is 20.3 Å². The third kappa shape index (κ3) is 4.28. The first-order chi connectivity index (χ1) is 13.5. The van der Waals surface area contributed by atoms with Crippen LogP contribution >= 0.6 is 0 Å². The number of nitrogens with zero attached hydrogens (tertiary/aromatic N) is 2. The Morgan fingerprint density at radius 2 is 1.86 bits per heavy atom. The Balaban J connectivity index is 1.76. The molecule has 0 saturated carbocycles. The minimum atomic E-state index is -0.485. The quantitative estimate of drug-likeness (QED) is 0.717. The largest absolute Gasteiger partial charge is 0.496 e.